The molecule has 6 nitrogen and oxygen atoms in total. The first-order valence-corrected chi connectivity index (χ1v) is 7.33. The lowest BCUT2D eigenvalue weighted by Crippen LogP contribution is -2.22. The van der Waals surface area contributed by atoms with E-state index in [9.17, 15) is 14.7 Å². The fourth-order valence-corrected chi connectivity index (χ4v) is 2.88. The molecule has 24 heavy (non-hydrogen) atoms. The van der Waals surface area contributed by atoms with Gasteiger partial charge in [0.1, 0.15) is 17.4 Å². The molecule has 0 saturated carbocycles. The highest BCUT2D eigenvalue weighted by Crippen LogP contribution is 2.41. The summed E-state index contributed by atoms with van der Waals surface area (Å²) in [6.45, 7) is 0. The molecule has 3 rings (SSSR count). The van der Waals surface area contributed by atoms with Crippen molar-refractivity contribution >= 4 is 11.8 Å². The van der Waals surface area contributed by atoms with E-state index in [0.717, 1.165) is 0 Å². The van der Waals surface area contributed by atoms with Gasteiger partial charge in [-0.05, 0) is 18.2 Å². The molecule has 2 aromatic carbocycles. The Morgan fingerprint density at radius 1 is 1.17 bits per heavy atom. The predicted molar refractivity (Wildman–Crippen MR) is 85.3 cm³/mol. The summed E-state index contributed by atoms with van der Waals surface area (Å²) in [7, 11) is 2.80. The van der Waals surface area contributed by atoms with Gasteiger partial charge >= 0.3 is 5.97 Å². The number of carbonyl (C=O) groups excluding carboxylic acids is 1. The summed E-state index contributed by atoms with van der Waals surface area (Å²) < 4.78 is 16.2. The van der Waals surface area contributed by atoms with Crippen LogP contribution in [0.15, 0.2) is 36.4 Å². The number of ketones is 1. The highest BCUT2D eigenvalue weighted by Gasteiger charge is 2.32. The highest BCUT2D eigenvalue weighted by atomic mass is 16.5. The first kappa shape index (κ1) is 15.9. The highest BCUT2D eigenvalue weighted by molar-refractivity contribution is 6.00. The van der Waals surface area contributed by atoms with Gasteiger partial charge in [0.05, 0.1) is 26.2 Å². The lowest BCUT2D eigenvalue weighted by molar-refractivity contribution is 0.0677. The molecule has 0 aromatic heterocycles. The van der Waals surface area contributed by atoms with Gasteiger partial charge < -0.3 is 19.3 Å². The molecule has 0 aliphatic carbocycles. The standard InChI is InChI=1S/C18H16O6/c1-22-14-8-7-11(16(18(20)21)17(14)23-2)15-9-12(19)10-5-3-4-6-13(10)24-15/h3-8,15H,9H2,1-2H3,(H,20,21)/t15-/m0/s1. The maximum absolute atomic E-state index is 12.3. The third-order valence-corrected chi connectivity index (χ3v) is 3.97. The fourth-order valence-electron chi connectivity index (χ4n) is 2.88. The summed E-state index contributed by atoms with van der Waals surface area (Å²) in [5, 5.41) is 9.61. The van der Waals surface area contributed by atoms with E-state index in [0.29, 0.717) is 22.6 Å². The summed E-state index contributed by atoms with van der Waals surface area (Å²) in [5.74, 6) is -0.396. The second-order valence-electron chi connectivity index (χ2n) is 5.30. The number of fused-ring (bicyclic) bond motifs is 1. The van der Waals surface area contributed by atoms with Crippen molar-refractivity contribution in [2.24, 2.45) is 0 Å². The molecule has 1 heterocycles. The first-order valence-electron chi connectivity index (χ1n) is 7.33. The topological polar surface area (TPSA) is 82.1 Å². The maximum atomic E-state index is 12.3. The van der Waals surface area contributed by atoms with Crippen molar-refractivity contribution in [3.8, 4) is 17.2 Å². The molecule has 0 amide bonds. The number of carboxylic acid groups (broad SMARTS) is 1. The molecule has 1 aliphatic rings. The van der Waals surface area contributed by atoms with E-state index in [-0.39, 0.29) is 23.5 Å². The van der Waals surface area contributed by atoms with Crippen molar-refractivity contribution < 1.29 is 28.9 Å². The van der Waals surface area contributed by atoms with Gasteiger partial charge in [-0.25, -0.2) is 4.79 Å². The predicted octanol–water partition coefficient (Wildman–Crippen LogP) is 3.11. The van der Waals surface area contributed by atoms with Crippen LogP contribution in [0.2, 0.25) is 0 Å². The smallest absolute Gasteiger partial charge is 0.340 e. The molecule has 1 aliphatic heterocycles. The van der Waals surface area contributed by atoms with Crippen LogP contribution in [-0.2, 0) is 0 Å². The molecule has 0 fully saturated rings. The Bertz CT molecular complexity index is 811. The summed E-state index contributed by atoms with van der Waals surface area (Å²) in [6.07, 6.45) is -0.634. The van der Waals surface area contributed by atoms with Crippen LogP contribution < -0.4 is 14.2 Å². The number of rotatable bonds is 4. The van der Waals surface area contributed by atoms with Crippen molar-refractivity contribution in [1.29, 1.82) is 0 Å². The van der Waals surface area contributed by atoms with Gasteiger partial charge in [-0.1, -0.05) is 18.2 Å². The van der Waals surface area contributed by atoms with Crippen LogP contribution in [-0.4, -0.2) is 31.1 Å². The molecule has 0 saturated heterocycles. The summed E-state index contributed by atoms with van der Waals surface area (Å²) in [5.41, 5.74) is 0.822. The number of methoxy groups -OCH3 is 2. The lowest BCUT2D eigenvalue weighted by Gasteiger charge is -2.27. The minimum absolute atomic E-state index is 0.0611. The number of hydrogen-bond acceptors (Lipinski definition) is 5. The van der Waals surface area contributed by atoms with E-state index in [1.807, 2.05) is 0 Å². The molecule has 0 radical (unpaired) electrons. The number of carboxylic acids is 1. The number of para-hydroxylation sites is 1. The van der Waals surface area contributed by atoms with Gasteiger partial charge in [0.2, 0.25) is 0 Å². The van der Waals surface area contributed by atoms with Crippen LogP contribution in [0.4, 0.5) is 0 Å². The van der Waals surface area contributed by atoms with E-state index >= 15 is 0 Å². The Kier molecular flexibility index (Phi) is 4.12. The Morgan fingerprint density at radius 3 is 2.58 bits per heavy atom. The van der Waals surface area contributed by atoms with E-state index in [1.165, 1.54) is 14.2 Å². The molecule has 124 valence electrons. The molecule has 0 spiro atoms. The van der Waals surface area contributed by atoms with E-state index < -0.39 is 12.1 Å². The van der Waals surface area contributed by atoms with E-state index in [2.05, 4.69) is 0 Å². The largest absolute Gasteiger partial charge is 0.493 e. The summed E-state index contributed by atoms with van der Waals surface area (Å²) >= 11 is 0. The summed E-state index contributed by atoms with van der Waals surface area (Å²) in [4.78, 5) is 24.1. The normalized spacial score (nSPS) is 16.1. The number of carbonyl (C=O) groups is 2. The molecule has 1 atom stereocenters. The number of benzene rings is 2. The second-order valence-corrected chi connectivity index (χ2v) is 5.30. The molecule has 0 bridgehead atoms. The SMILES string of the molecule is COc1ccc([C@@H]2CC(=O)c3ccccc3O2)c(C(=O)O)c1OC. The van der Waals surface area contributed by atoms with E-state index in [4.69, 9.17) is 14.2 Å². The van der Waals surface area contributed by atoms with Crippen molar-refractivity contribution in [1.82, 2.24) is 0 Å². The van der Waals surface area contributed by atoms with E-state index in [1.54, 1.807) is 36.4 Å². The Balaban J connectivity index is 2.11. The summed E-state index contributed by atoms with van der Waals surface area (Å²) in [6, 6.07) is 10.1. The first-order chi connectivity index (χ1) is 11.6. The van der Waals surface area contributed by atoms with Crippen molar-refractivity contribution in [3.05, 3.63) is 53.1 Å². The van der Waals surface area contributed by atoms with Crippen molar-refractivity contribution in [3.63, 3.8) is 0 Å². The monoisotopic (exact) mass is 328 g/mol. The average molecular weight is 328 g/mol. The average Bonchev–Trinajstić information content (AvgIpc) is 2.60. The van der Waals surface area contributed by atoms with Crippen LogP contribution in [0.25, 0.3) is 0 Å². The zero-order valence-corrected chi connectivity index (χ0v) is 13.2. The van der Waals surface area contributed by atoms with Gasteiger partial charge in [-0.15, -0.1) is 0 Å². The minimum atomic E-state index is -1.17. The molecule has 1 N–H and O–H groups in total. The van der Waals surface area contributed by atoms with Crippen LogP contribution in [0, 0.1) is 0 Å². The molecule has 0 unspecified atom stereocenters. The van der Waals surface area contributed by atoms with Crippen LogP contribution in [0.3, 0.4) is 0 Å². The molecular formula is C18H16O6. The zero-order chi connectivity index (χ0) is 17.3. The third-order valence-electron chi connectivity index (χ3n) is 3.97. The van der Waals surface area contributed by atoms with Crippen LogP contribution >= 0.6 is 0 Å². The lowest BCUT2D eigenvalue weighted by atomic mass is 9.92. The minimum Gasteiger partial charge on any atom is -0.493 e. The van der Waals surface area contributed by atoms with Crippen molar-refractivity contribution in [2.75, 3.05) is 14.2 Å². The quantitative estimate of drug-likeness (QED) is 0.928. The molecule has 6 heteroatoms. The Hall–Kier alpha value is -3.02. The maximum Gasteiger partial charge on any atom is 0.340 e. The third kappa shape index (κ3) is 2.56. The number of Topliss-reactive ketones (excluding diaryl/α,β-unsaturated/α-hetero) is 1. The van der Waals surface area contributed by atoms with Gasteiger partial charge in [-0.2, -0.15) is 0 Å². The number of hydrogen-bond donors (Lipinski definition) is 1. The van der Waals surface area contributed by atoms with Gasteiger partial charge in [0.25, 0.3) is 0 Å². The van der Waals surface area contributed by atoms with Gasteiger partial charge in [0, 0.05) is 5.56 Å². The zero-order valence-electron chi connectivity index (χ0n) is 13.2. The molecular weight excluding hydrogens is 312 g/mol. The Labute approximate surface area is 138 Å². The van der Waals surface area contributed by atoms with Gasteiger partial charge in [-0.3, -0.25) is 4.79 Å². The molecule has 2 aromatic rings. The van der Waals surface area contributed by atoms with Crippen LogP contribution in [0.5, 0.6) is 17.2 Å². The van der Waals surface area contributed by atoms with Crippen molar-refractivity contribution in [2.45, 2.75) is 12.5 Å². The van der Waals surface area contributed by atoms with Crippen LogP contribution in [0.1, 0.15) is 38.8 Å². The number of ether oxygens (including phenoxy) is 3. The Morgan fingerprint density at radius 2 is 1.92 bits per heavy atom. The fraction of sp³-hybridized carbons (Fsp3) is 0.222. The number of aromatic carboxylic acids is 1. The second kappa shape index (κ2) is 6.23. The van der Waals surface area contributed by atoms with Gasteiger partial charge in [0.15, 0.2) is 17.3 Å².